The van der Waals surface area contributed by atoms with Crippen LogP contribution in [0.25, 0.3) is 10.2 Å². The van der Waals surface area contributed by atoms with E-state index in [0.29, 0.717) is 36.7 Å². The summed E-state index contributed by atoms with van der Waals surface area (Å²) in [5.74, 6) is 0.506. The van der Waals surface area contributed by atoms with Gasteiger partial charge in [-0.25, -0.2) is 4.98 Å². The molecule has 9 heteroatoms. The highest BCUT2D eigenvalue weighted by Gasteiger charge is 2.31. The number of carbonyl (C=O) groups is 1. The Morgan fingerprint density at radius 2 is 2.25 bits per heavy atom. The van der Waals surface area contributed by atoms with Crippen LogP contribution in [0, 0.1) is 6.92 Å². The van der Waals surface area contributed by atoms with Crippen LogP contribution in [-0.2, 0) is 11.2 Å². The van der Waals surface area contributed by atoms with E-state index in [1.54, 1.807) is 0 Å². The zero-order chi connectivity index (χ0) is 24.9. The van der Waals surface area contributed by atoms with E-state index in [9.17, 15) is 4.79 Å². The fourth-order valence-electron chi connectivity index (χ4n) is 4.29. The highest BCUT2D eigenvalue weighted by Crippen LogP contribution is 2.34. The van der Waals surface area contributed by atoms with Crippen molar-refractivity contribution < 1.29 is 18.4 Å². The number of pyridine rings is 1. The number of hydrogen-bond acceptors (Lipinski definition) is 8. The van der Waals surface area contributed by atoms with E-state index in [4.69, 9.17) is 25.1 Å². The van der Waals surface area contributed by atoms with E-state index >= 15 is 0 Å². The molecule has 168 valence electrons. The van der Waals surface area contributed by atoms with Crippen molar-refractivity contribution in [2.24, 2.45) is 5.73 Å². The minimum absolute atomic E-state index is 0.197. The third-order valence-electron chi connectivity index (χ3n) is 6.06. The third-order valence-corrected chi connectivity index (χ3v) is 7.17. The standard InChI is InChI=1S/C23H27N5O3S/c1-12-3-6-16-20(25)21(32-23(16)26-12)22(29)27-14-7-13-4-5-15(8-18(13)31-11-14)28-9-17(24)19(10-28)30-2/h3-6,8,14,17,19H,7,9-11,24-25H2,1-2H3,(H,27,29)/t14-,17+,19+/m1/s1/i2D3. The van der Waals surface area contributed by atoms with Crippen molar-refractivity contribution in [3.8, 4) is 5.75 Å². The summed E-state index contributed by atoms with van der Waals surface area (Å²) in [5.41, 5.74) is 15.5. The first-order chi connectivity index (χ1) is 16.6. The molecule has 1 amide bonds. The lowest BCUT2D eigenvalue weighted by Crippen LogP contribution is -2.42. The number of aromatic nitrogens is 1. The Morgan fingerprint density at radius 1 is 1.38 bits per heavy atom. The molecule has 8 nitrogen and oxygen atoms in total. The van der Waals surface area contributed by atoms with Gasteiger partial charge in [-0.05, 0) is 37.1 Å². The lowest BCUT2D eigenvalue weighted by atomic mass is 10.0. The molecule has 3 atom stereocenters. The second-order valence-corrected chi connectivity index (χ2v) is 9.35. The number of nitrogens with zero attached hydrogens (tertiary/aromatic N) is 2. The highest BCUT2D eigenvalue weighted by atomic mass is 32.1. The molecular formula is C23H27N5O3S. The van der Waals surface area contributed by atoms with E-state index in [1.165, 1.54) is 11.3 Å². The average molecular weight is 457 g/mol. The zero-order valence-corrected chi connectivity index (χ0v) is 18.4. The predicted molar refractivity (Wildman–Crippen MR) is 127 cm³/mol. The number of carbonyl (C=O) groups excluding carboxylic acids is 1. The summed E-state index contributed by atoms with van der Waals surface area (Å²) in [5, 5.41) is 3.83. The summed E-state index contributed by atoms with van der Waals surface area (Å²) < 4.78 is 33.1. The molecule has 1 aromatic carbocycles. The molecule has 0 aliphatic carbocycles. The minimum Gasteiger partial charge on any atom is -0.491 e. The van der Waals surface area contributed by atoms with Crippen LogP contribution in [-0.4, -0.2) is 55.8 Å². The Balaban J connectivity index is 1.25. The highest BCUT2D eigenvalue weighted by molar-refractivity contribution is 7.21. The minimum atomic E-state index is -2.48. The molecule has 1 fully saturated rings. The Morgan fingerprint density at radius 3 is 3.09 bits per heavy atom. The van der Waals surface area contributed by atoms with Crippen LogP contribution in [0.2, 0.25) is 0 Å². The van der Waals surface area contributed by atoms with Crippen LogP contribution in [0.4, 0.5) is 11.4 Å². The largest absolute Gasteiger partial charge is 0.491 e. The topological polar surface area (TPSA) is 116 Å². The molecule has 3 aromatic rings. The summed E-state index contributed by atoms with van der Waals surface area (Å²) in [6, 6.07) is 9.02. The number of nitrogens with two attached hydrogens (primary N) is 2. The quantitative estimate of drug-likeness (QED) is 0.550. The van der Waals surface area contributed by atoms with Gasteiger partial charge in [-0.3, -0.25) is 4.79 Å². The number of rotatable bonds is 4. The first-order valence-corrected chi connectivity index (χ1v) is 11.3. The van der Waals surface area contributed by atoms with Gasteiger partial charge >= 0.3 is 0 Å². The monoisotopic (exact) mass is 456 g/mol. The van der Waals surface area contributed by atoms with Crippen molar-refractivity contribution in [3.05, 3.63) is 46.5 Å². The van der Waals surface area contributed by atoms with Crippen molar-refractivity contribution in [2.75, 3.05) is 37.4 Å². The van der Waals surface area contributed by atoms with Crippen LogP contribution >= 0.6 is 11.3 Å². The van der Waals surface area contributed by atoms with Crippen molar-refractivity contribution in [2.45, 2.75) is 31.5 Å². The summed E-state index contributed by atoms with van der Waals surface area (Å²) >= 11 is 1.29. The number of methoxy groups -OCH3 is 1. The number of aryl methyl sites for hydroxylation is 1. The Hall–Kier alpha value is -2.88. The van der Waals surface area contributed by atoms with E-state index < -0.39 is 19.2 Å². The molecule has 0 radical (unpaired) electrons. The first kappa shape index (κ1) is 17.6. The third kappa shape index (κ3) is 3.76. The van der Waals surface area contributed by atoms with E-state index in [1.807, 2.05) is 42.2 Å². The molecule has 2 aliphatic rings. The smallest absolute Gasteiger partial charge is 0.263 e. The number of ether oxygens (including phenoxy) is 2. The predicted octanol–water partition coefficient (Wildman–Crippen LogP) is 2.08. The number of hydrogen-bond donors (Lipinski definition) is 3. The first-order valence-electron chi connectivity index (χ1n) is 12.0. The number of nitrogens with one attached hydrogen (secondary N) is 1. The number of anilines is 2. The van der Waals surface area contributed by atoms with Crippen LogP contribution < -0.4 is 26.4 Å². The summed E-state index contributed by atoms with van der Waals surface area (Å²) in [6.45, 7) is 3.11. The zero-order valence-electron chi connectivity index (χ0n) is 20.6. The Bertz CT molecular complexity index is 1280. The van der Waals surface area contributed by atoms with Crippen LogP contribution in [0.3, 0.4) is 0 Å². The van der Waals surface area contributed by atoms with Gasteiger partial charge in [0.05, 0.1) is 28.0 Å². The van der Waals surface area contributed by atoms with E-state index in [0.717, 1.165) is 32.9 Å². The van der Waals surface area contributed by atoms with Crippen molar-refractivity contribution in [1.29, 1.82) is 0 Å². The molecule has 5 rings (SSSR count). The molecule has 2 aliphatic heterocycles. The molecule has 0 bridgehead atoms. The molecule has 1 saturated heterocycles. The maximum Gasteiger partial charge on any atom is 0.263 e. The van der Waals surface area contributed by atoms with Crippen molar-refractivity contribution in [1.82, 2.24) is 10.3 Å². The second kappa shape index (κ2) is 8.23. The summed E-state index contributed by atoms with van der Waals surface area (Å²) in [4.78, 5) is 20.6. The van der Waals surface area contributed by atoms with Gasteiger partial charge in [0, 0.05) is 43.0 Å². The molecule has 0 saturated carbocycles. The van der Waals surface area contributed by atoms with Gasteiger partial charge in [-0.15, -0.1) is 11.3 Å². The normalized spacial score (nSPS) is 24.4. The molecule has 2 aromatic heterocycles. The number of benzene rings is 1. The second-order valence-electron chi connectivity index (χ2n) is 8.35. The number of thiophene rings is 1. The molecule has 0 spiro atoms. The summed E-state index contributed by atoms with van der Waals surface area (Å²) in [7, 11) is -2.48. The van der Waals surface area contributed by atoms with Gasteiger partial charge in [-0.2, -0.15) is 0 Å². The fraction of sp³-hybridized carbons (Fsp3) is 0.391. The van der Waals surface area contributed by atoms with E-state index in [-0.39, 0.29) is 11.9 Å². The Labute approximate surface area is 194 Å². The maximum atomic E-state index is 13.0. The number of fused-ring (bicyclic) bond motifs is 2. The van der Waals surface area contributed by atoms with Crippen molar-refractivity contribution >= 4 is 38.8 Å². The summed E-state index contributed by atoms with van der Waals surface area (Å²) in [6.07, 6.45) is 0.0489. The molecule has 5 N–H and O–H groups in total. The lowest BCUT2D eigenvalue weighted by Gasteiger charge is -2.28. The van der Waals surface area contributed by atoms with Crippen LogP contribution in [0.5, 0.6) is 5.75 Å². The van der Waals surface area contributed by atoms with Gasteiger partial charge < -0.3 is 31.2 Å². The number of amides is 1. The van der Waals surface area contributed by atoms with Crippen LogP contribution in [0.1, 0.15) is 25.0 Å². The average Bonchev–Trinajstić information content (AvgIpc) is 3.31. The number of nitrogen functional groups attached to an aromatic ring is 1. The van der Waals surface area contributed by atoms with Crippen LogP contribution in [0.15, 0.2) is 30.3 Å². The Kier molecular flexibility index (Phi) is 4.54. The molecule has 4 heterocycles. The fourth-order valence-corrected chi connectivity index (χ4v) is 5.34. The van der Waals surface area contributed by atoms with Gasteiger partial charge in [0.15, 0.2) is 0 Å². The molecule has 0 unspecified atom stereocenters. The van der Waals surface area contributed by atoms with Gasteiger partial charge in [-0.1, -0.05) is 6.07 Å². The van der Waals surface area contributed by atoms with Crippen molar-refractivity contribution in [3.63, 3.8) is 0 Å². The maximum absolute atomic E-state index is 13.0. The molecule has 32 heavy (non-hydrogen) atoms. The van der Waals surface area contributed by atoms with E-state index in [2.05, 4.69) is 10.3 Å². The van der Waals surface area contributed by atoms with Gasteiger partial charge in [0.25, 0.3) is 5.91 Å². The SMILES string of the molecule is [2H]C([2H])([2H])O[C@H]1CN(c2ccc3c(c2)OC[C@H](NC(=O)c2sc4nc(C)ccc4c2N)C3)C[C@@H]1N. The lowest BCUT2D eigenvalue weighted by molar-refractivity contribution is 0.0920. The molecular weight excluding hydrogens is 426 g/mol. The van der Waals surface area contributed by atoms with Gasteiger partial charge in [0.1, 0.15) is 22.1 Å². The van der Waals surface area contributed by atoms with Gasteiger partial charge in [0.2, 0.25) is 0 Å².